The van der Waals surface area contributed by atoms with E-state index in [1.54, 1.807) is 17.5 Å². The minimum absolute atomic E-state index is 0.0929. The van der Waals surface area contributed by atoms with Gasteiger partial charge in [0.15, 0.2) is 5.13 Å². The van der Waals surface area contributed by atoms with Crippen molar-refractivity contribution in [3.8, 4) is 0 Å². The van der Waals surface area contributed by atoms with Crippen molar-refractivity contribution in [1.29, 1.82) is 0 Å². The van der Waals surface area contributed by atoms with Crippen molar-refractivity contribution in [3.63, 3.8) is 0 Å². The highest BCUT2D eigenvalue weighted by atomic mass is 79.9. The summed E-state index contributed by atoms with van der Waals surface area (Å²) in [7, 11) is 0. The van der Waals surface area contributed by atoms with Crippen LogP contribution in [0.5, 0.6) is 0 Å². The molecule has 1 N–H and O–H groups in total. The number of halogens is 1. The van der Waals surface area contributed by atoms with Crippen LogP contribution in [-0.2, 0) is 6.54 Å². The molecule has 0 unspecified atom stereocenters. The minimum atomic E-state index is 0.0929. The Labute approximate surface area is 152 Å². The van der Waals surface area contributed by atoms with Gasteiger partial charge in [-0.05, 0) is 28.8 Å². The standard InChI is InChI=1S/C15H19BrN6OS/c16-11-7-19-21(9-11)10-13-8-18-15(24-13)20-4-1-12(2-5-20)22-6-3-17-14(22)23/h7-9,12H,1-6,10H2,(H,17,23). The largest absolute Gasteiger partial charge is 0.348 e. The lowest BCUT2D eigenvalue weighted by atomic mass is 10.0. The molecule has 0 aliphatic carbocycles. The Balaban J connectivity index is 1.35. The van der Waals surface area contributed by atoms with Crippen molar-refractivity contribution in [2.24, 2.45) is 0 Å². The average Bonchev–Trinajstić information content (AvgIpc) is 3.30. The first-order chi connectivity index (χ1) is 11.7. The monoisotopic (exact) mass is 410 g/mol. The molecule has 4 rings (SSSR count). The molecule has 7 nitrogen and oxygen atoms in total. The lowest BCUT2D eigenvalue weighted by Crippen LogP contribution is -2.46. The maximum atomic E-state index is 11.8. The molecule has 0 bridgehead atoms. The Kier molecular flexibility index (Phi) is 4.45. The first-order valence-electron chi connectivity index (χ1n) is 8.11. The van der Waals surface area contributed by atoms with Crippen molar-refractivity contribution in [2.75, 3.05) is 31.1 Å². The van der Waals surface area contributed by atoms with E-state index >= 15 is 0 Å². The molecule has 128 valence electrons. The second-order valence-corrected chi connectivity index (χ2v) is 8.12. The number of nitrogens with one attached hydrogen (secondary N) is 1. The number of carbonyl (C=O) groups excluding carboxylic acids is 1. The zero-order chi connectivity index (χ0) is 16.5. The van der Waals surface area contributed by atoms with E-state index in [0.29, 0.717) is 6.04 Å². The van der Waals surface area contributed by atoms with Gasteiger partial charge in [-0.2, -0.15) is 5.10 Å². The summed E-state index contributed by atoms with van der Waals surface area (Å²) in [4.78, 5) is 21.9. The number of rotatable bonds is 4. The molecule has 2 aliphatic rings. The van der Waals surface area contributed by atoms with E-state index in [4.69, 9.17) is 0 Å². The van der Waals surface area contributed by atoms with E-state index in [-0.39, 0.29) is 6.03 Å². The Morgan fingerprint density at radius 2 is 2.12 bits per heavy atom. The third-order valence-corrected chi connectivity index (χ3v) is 5.98. The van der Waals surface area contributed by atoms with Gasteiger partial charge in [-0.1, -0.05) is 11.3 Å². The van der Waals surface area contributed by atoms with Crippen molar-refractivity contribution < 1.29 is 4.79 Å². The van der Waals surface area contributed by atoms with E-state index in [1.807, 2.05) is 22.0 Å². The summed E-state index contributed by atoms with van der Waals surface area (Å²) in [5.41, 5.74) is 0. The van der Waals surface area contributed by atoms with Gasteiger partial charge in [-0.3, -0.25) is 4.68 Å². The fraction of sp³-hybridized carbons (Fsp3) is 0.533. The van der Waals surface area contributed by atoms with Crippen LogP contribution in [0.1, 0.15) is 17.7 Å². The Morgan fingerprint density at radius 3 is 2.79 bits per heavy atom. The van der Waals surface area contributed by atoms with Gasteiger partial charge in [0, 0.05) is 49.5 Å². The molecule has 4 heterocycles. The zero-order valence-corrected chi connectivity index (χ0v) is 15.6. The summed E-state index contributed by atoms with van der Waals surface area (Å²) >= 11 is 5.14. The molecule has 2 aromatic heterocycles. The summed E-state index contributed by atoms with van der Waals surface area (Å²) in [5.74, 6) is 0. The molecule has 2 amide bonds. The highest BCUT2D eigenvalue weighted by Crippen LogP contribution is 2.28. The number of urea groups is 1. The van der Waals surface area contributed by atoms with Crippen LogP contribution in [0.3, 0.4) is 0 Å². The maximum Gasteiger partial charge on any atom is 0.317 e. The zero-order valence-electron chi connectivity index (χ0n) is 13.2. The lowest BCUT2D eigenvalue weighted by molar-refractivity contribution is 0.186. The summed E-state index contributed by atoms with van der Waals surface area (Å²) in [5, 5.41) is 8.25. The highest BCUT2D eigenvalue weighted by Gasteiger charge is 2.31. The van der Waals surface area contributed by atoms with Crippen LogP contribution in [0.2, 0.25) is 0 Å². The van der Waals surface area contributed by atoms with Crippen molar-refractivity contribution in [1.82, 2.24) is 25.0 Å². The number of amides is 2. The number of piperidine rings is 1. The van der Waals surface area contributed by atoms with Crippen LogP contribution < -0.4 is 10.2 Å². The molecular weight excluding hydrogens is 392 g/mol. The smallest absolute Gasteiger partial charge is 0.317 e. The molecule has 0 radical (unpaired) electrons. The number of anilines is 1. The van der Waals surface area contributed by atoms with Gasteiger partial charge in [-0.15, -0.1) is 0 Å². The highest BCUT2D eigenvalue weighted by molar-refractivity contribution is 9.10. The Morgan fingerprint density at radius 1 is 1.29 bits per heavy atom. The molecule has 0 saturated carbocycles. The van der Waals surface area contributed by atoms with Gasteiger partial charge >= 0.3 is 6.03 Å². The molecule has 0 spiro atoms. The number of aromatic nitrogens is 3. The second-order valence-electron chi connectivity index (χ2n) is 6.11. The third kappa shape index (κ3) is 3.27. The third-order valence-electron chi connectivity index (χ3n) is 4.53. The van der Waals surface area contributed by atoms with Gasteiger partial charge in [0.1, 0.15) is 0 Å². The van der Waals surface area contributed by atoms with Crippen LogP contribution in [0, 0.1) is 0 Å². The summed E-state index contributed by atoms with van der Waals surface area (Å²) in [6.45, 7) is 4.26. The lowest BCUT2D eigenvalue weighted by Gasteiger charge is -2.35. The fourth-order valence-electron chi connectivity index (χ4n) is 3.30. The second kappa shape index (κ2) is 6.72. The Bertz CT molecular complexity index is 723. The topological polar surface area (TPSA) is 66.3 Å². The number of carbonyl (C=O) groups is 1. The van der Waals surface area contributed by atoms with Crippen LogP contribution in [0.25, 0.3) is 0 Å². The molecule has 24 heavy (non-hydrogen) atoms. The molecule has 2 saturated heterocycles. The SMILES string of the molecule is O=C1NCCN1C1CCN(c2ncc(Cn3cc(Br)cn3)s2)CC1. The summed E-state index contributed by atoms with van der Waals surface area (Å²) < 4.78 is 2.89. The first kappa shape index (κ1) is 15.9. The van der Waals surface area contributed by atoms with E-state index in [2.05, 4.69) is 36.2 Å². The maximum absolute atomic E-state index is 11.8. The predicted molar refractivity (Wildman–Crippen MR) is 96.5 cm³/mol. The van der Waals surface area contributed by atoms with E-state index in [1.165, 1.54) is 4.88 Å². The van der Waals surface area contributed by atoms with Crippen molar-refractivity contribution >= 4 is 38.4 Å². The average molecular weight is 411 g/mol. The molecule has 0 aromatic carbocycles. The van der Waals surface area contributed by atoms with Crippen LogP contribution in [-0.4, -0.2) is 57.9 Å². The number of nitrogens with zero attached hydrogens (tertiary/aromatic N) is 5. The van der Waals surface area contributed by atoms with Crippen molar-refractivity contribution in [3.05, 3.63) is 27.9 Å². The molecule has 0 atom stereocenters. The molecule has 2 aromatic rings. The number of hydrogen-bond acceptors (Lipinski definition) is 5. The van der Waals surface area contributed by atoms with E-state index < -0.39 is 0 Å². The Hall–Kier alpha value is -1.61. The first-order valence-corrected chi connectivity index (χ1v) is 9.72. The number of hydrogen-bond donors (Lipinski definition) is 1. The van der Waals surface area contributed by atoms with Crippen molar-refractivity contribution in [2.45, 2.75) is 25.4 Å². The molecule has 2 aliphatic heterocycles. The van der Waals surface area contributed by atoms with Gasteiger partial charge < -0.3 is 15.1 Å². The van der Waals surface area contributed by atoms with E-state index in [0.717, 1.165) is 55.2 Å². The number of thiazole rings is 1. The molecular formula is C15H19BrN6OS. The van der Waals surface area contributed by atoms with Gasteiger partial charge in [0.2, 0.25) is 0 Å². The predicted octanol–water partition coefficient (Wildman–Crippen LogP) is 2.14. The van der Waals surface area contributed by atoms with Crippen LogP contribution in [0.15, 0.2) is 23.1 Å². The normalized spacial score (nSPS) is 19.1. The fourth-order valence-corrected chi connectivity index (χ4v) is 4.59. The van der Waals surface area contributed by atoms with Gasteiger partial charge in [-0.25, -0.2) is 9.78 Å². The van der Waals surface area contributed by atoms with E-state index in [9.17, 15) is 4.79 Å². The van der Waals surface area contributed by atoms with Crippen LogP contribution in [0.4, 0.5) is 9.93 Å². The molecule has 9 heteroatoms. The van der Waals surface area contributed by atoms with Gasteiger partial charge in [0.25, 0.3) is 0 Å². The summed E-state index contributed by atoms with van der Waals surface area (Å²) in [6, 6.07) is 0.458. The summed E-state index contributed by atoms with van der Waals surface area (Å²) in [6.07, 6.45) is 7.71. The molecule has 2 fully saturated rings. The minimum Gasteiger partial charge on any atom is -0.348 e. The quantitative estimate of drug-likeness (QED) is 0.838. The van der Waals surface area contributed by atoms with Gasteiger partial charge in [0.05, 0.1) is 17.2 Å². The van der Waals surface area contributed by atoms with Crippen LogP contribution >= 0.6 is 27.3 Å².